The number of hydrogen-bond acceptors (Lipinski definition) is 3. The van der Waals surface area contributed by atoms with Crippen molar-refractivity contribution < 1.29 is 13.6 Å². The molecule has 8 atom stereocenters. The van der Waals surface area contributed by atoms with E-state index in [2.05, 4.69) is 86.6 Å². The van der Waals surface area contributed by atoms with Crippen LogP contribution < -0.4 is 0 Å². The lowest BCUT2D eigenvalue weighted by Crippen LogP contribution is -2.25. The van der Waals surface area contributed by atoms with Gasteiger partial charge < -0.3 is 13.6 Å². The third kappa shape index (κ3) is 20.0. The average molecular weight is 538 g/mol. The van der Waals surface area contributed by atoms with E-state index < -0.39 is 7.53 Å². The van der Waals surface area contributed by atoms with Crippen LogP contribution in [0.5, 0.6) is 0 Å². The molecule has 9 heteroatoms. The minimum absolute atomic E-state index is 0.00434. The van der Waals surface area contributed by atoms with Gasteiger partial charge in [-0.05, 0) is 25.7 Å². The molecule has 3 nitrogen and oxygen atoms in total. The molecule has 8 unspecified atom stereocenters. The fraction of sp³-hybridized carbons (Fsp3) is 0.455. The highest BCUT2D eigenvalue weighted by Crippen LogP contribution is 2.55. The Bertz CT molecular complexity index is 588. The van der Waals surface area contributed by atoms with E-state index in [-0.39, 0.29) is 18.3 Å². The van der Waals surface area contributed by atoms with Crippen LogP contribution in [0.2, 0.25) is 0 Å². The SMILES string of the molecule is CCC=CCC(OP(P)P)C(C=CC=CC=CC=CC(CC=CCCC)OP)OPP. The smallest absolute Gasteiger partial charge is 0.107 e. The third-order valence-electron chi connectivity index (χ3n) is 3.95. The summed E-state index contributed by atoms with van der Waals surface area (Å²) < 4.78 is 17.4. The molecule has 0 aliphatic heterocycles. The topological polar surface area (TPSA) is 27.7 Å². The summed E-state index contributed by atoms with van der Waals surface area (Å²) in [6.07, 6.45) is 29.9. The molecule has 0 aromatic rings. The van der Waals surface area contributed by atoms with Gasteiger partial charge in [0.15, 0.2) is 0 Å². The molecule has 0 aromatic carbocycles. The lowest BCUT2D eigenvalue weighted by Gasteiger charge is -2.25. The van der Waals surface area contributed by atoms with Crippen LogP contribution in [-0.2, 0) is 13.6 Å². The van der Waals surface area contributed by atoms with Crippen molar-refractivity contribution in [2.24, 2.45) is 0 Å². The van der Waals surface area contributed by atoms with Crippen molar-refractivity contribution in [1.29, 1.82) is 0 Å². The van der Waals surface area contributed by atoms with Crippen LogP contribution in [0.25, 0.3) is 0 Å². The Morgan fingerprint density at radius 1 is 0.871 bits per heavy atom. The minimum Gasteiger partial charge on any atom is -0.358 e. The molecule has 0 fully saturated rings. The number of unbranched alkanes of at least 4 members (excludes halogenated alkanes) is 1. The van der Waals surface area contributed by atoms with Crippen LogP contribution in [0.4, 0.5) is 0 Å². The summed E-state index contributed by atoms with van der Waals surface area (Å²) in [5, 5.41) is 0. The zero-order valence-electron chi connectivity index (χ0n) is 18.7. The molecule has 0 radical (unpaired) electrons. The summed E-state index contributed by atoms with van der Waals surface area (Å²) in [6.45, 7) is 4.31. The van der Waals surface area contributed by atoms with E-state index >= 15 is 0 Å². The van der Waals surface area contributed by atoms with Crippen LogP contribution in [0.15, 0.2) is 72.9 Å². The van der Waals surface area contributed by atoms with E-state index in [1.807, 2.05) is 36.5 Å². The van der Waals surface area contributed by atoms with Gasteiger partial charge in [-0.15, -0.1) is 0 Å². The van der Waals surface area contributed by atoms with Crippen molar-refractivity contribution in [1.82, 2.24) is 0 Å². The predicted octanol–water partition coefficient (Wildman–Crippen LogP) is 8.62. The first kappa shape index (κ1) is 31.9. The average Bonchev–Trinajstić information content (AvgIpc) is 2.75. The van der Waals surface area contributed by atoms with E-state index in [4.69, 9.17) is 13.6 Å². The maximum atomic E-state index is 6.09. The first-order valence-corrected chi connectivity index (χ1v) is 18.2. The summed E-state index contributed by atoms with van der Waals surface area (Å²) in [6, 6.07) is 0. The van der Waals surface area contributed by atoms with E-state index in [1.54, 1.807) is 0 Å². The van der Waals surface area contributed by atoms with Crippen molar-refractivity contribution in [3.8, 4) is 0 Å². The van der Waals surface area contributed by atoms with Gasteiger partial charge in [0, 0.05) is 18.0 Å². The summed E-state index contributed by atoms with van der Waals surface area (Å²) in [4.78, 5) is 0. The van der Waals surface area contributed by atoms with Crippen molar-refractivity contribution in [2.75, 3.05) is 0 Å². The lowest BCUT2D eigenvalue weighted by atomic mass is 10.1. The van der Waals surface area contributed by atoms with Gasteiger partial charge in [-0.3, -0.25) is 0 Å². The second kappa shape index (κ2) is 24.0. The van der Waals surface area contributed by atoms with Crippen molar-refractivity contribution >= 4 is 52.3 Å². The Morgan fingerprint density at radius 3 is 2.10 bits per heavy atom. The molecule has 0 saturated carbocycles. The quantitative estimate of drug-likeness (QED) is 0.0994. The summed E-state index contributed by atoms with van der Waals surface area (Å²) >= 11 is 0. The molecular formula is C22H40O3P6. The van der Waals surface area contributed by atoms with Crippen LogP contribution in [0.3, 0.4) is 0 Å². The maximum absolute atomic E-state index is 6.09. The van der Waals surface area contributed by atoms with Crippen LogP contribution in [-0.4, -0.2) is 18.3 Å². The maximum Gasteiger partial charge on any atom is 0.107 e. The Labute approximate surface area is 202 Å². The molecule has 176 valence electrons. The van der Waals surface area contributed by atoms with Crippen LogP contribution in [0, 0.1) is 0 Å². The van der Waals surface area contributed by atoms with E-state index in [1.165, 1.54) is 6.42 Å². The van der Waals surface area contributed by atoms with Gasteiger partial charge in [-0.1, -0.05) is 120 Å². The van der Waals surface area contributed by atoms with Gasteiger partial charge in [-0.2, -0.15) is 0 Å². The van der Waals surface area contributed by atoms with Gasteiger partial charge >= 0.3 is 0 Å². The van der Waals surface area contributed by atoms with Crippen molar-refractivity contribution in [3.05, 3.63) is 72.9 Å². The normalized spacial score (nSPS) is 16.7. The van der Waals surface area contributed by atoms with E-state index in [9.17, 15) is 0 Å². The van der Waals surface area contributed by atoms with Gasteiger partial charge in [0.2, 0.25) is 0 Å². The summed E-state index contributed by atoms with van der Waals surface area (Å²) in [7, 11) is 10.2. The fourth-order valence-electron chi connectivity index (χ4n) is 2.42. The molecule has 0 rings (SSSR count). The lowest BCUT2D eigenvalue weighted by molar-refractivity contribution is 0.114. The monoisotopic (exact) mass is 538 g/mol. The molecule has 0 saturated heterocycles. The number of rotatable bonds is 18. The summed E-state index contributed by atoms with van der Waals surface area (Å²) in [5.41, 5.74) is 0. The number of hydrogen-bond donors (Lipinski definition) is 0. The molecule has 0 bridgehead atoms. The first-order chi connectivity index (χ1) is 15.1. The molecule has 0 aliphatic rings. The molecule has 0 spiro atoms. The van der Waals surface area contributed by atoms with E-state index in [0.717, 1.165) is 25.7 Å². The van der Waals surface area contributed by atoms with E-state index in [0.29, 0.717) is 8.50 Å². The molecule has 31 heavy (non-hydrogen) atoms. The first-order valence-electron chi connectivity index (χ1n) is 10.5. The number of allylic oxidation sites excluding steroid dienone is 8. The largest absolute Gasteiger partial charge is 0.358 e. The molecule has 0 aliphatic carbocycles. The zero-order chi connectivity index (χ0) is 23.2. The molecule has 0 aromatic heterocycles. The van der Waals surface area contributed by atoms with Crippen LogP contribution >= 0.6 is 52.3 Å². The Balaban J connectivity index is 4.72. The minimum atomic E-state index is -0.617. The highest BCUT2D eigenvalue weighted by Gasteiger charge is 2.20. The molecule has 0 N–H and O–H groups in total. The van der Waals surface area contributed by atoms with Crippen molar-refractivity contribution in [2.45, 2.75) is 64.3 Å². The highest BCUT2D eigenvalue weighted by atomic mass is 32.4. The second-order valence-corrected chi connectivity index (χ2v) is 13.8. The van der Waals surface area contributed by atoms with Gasteiger partial charge in [0.25, 0.3) is 0 Å². The predicted molar refractivity (Wildman–Crippen MR) is 158 cm³/mol. The Kier molecular flexibility index (Phi) is 24.7. The highest BCUT2D eigenvalue weighted by molar-refractivity contribution is 8.41. The molecule has 0 heterocycles. The Morgan fingerprint density at radius 2 is 1.52 bits per heavy atom. The van der Waals surface area contributed by atoms with Crippen LogP contribution in [0.1, 0.15) is 46.0 Å². The van der Waals surface area contributed by atoms with Gasteiger partial charge in [-0.25, -0.2) is 0 Å². The van der Waals surface area contributed by atoms with Gasteiger partial charge in [0.1, 0.15) is 6.10 Å². The van der Waals surface area contributed by atoms with Crippen molar-refractivity contribution in [3.63, 3.8) is 0 Å². The third-order valence-corrected chi connectivity index (χ3v) is 6.36. The fourth-order valence-corrected chi connectivity index (χ4v) is 4.94. The summed E-state index contributed by atoms with van der Waals surface area (Å²) in [5.74, 6) is 0. The zero-order valence-corrected chi connectivity index (χ0v) is 25.2. The second-order valence-electron chi connectivity index (χ2n) is 6.53. The Hall–Kier alpha value is 0.900. The standard InChI is InChI=1S/C22H40O3P6/c1-3-5-7-13-16-20(23-26)17-14-10-8-9-11-15-18-21(24-30-27)22(25-31(28)29)19-12-6-4-2/h6-15,17-18,20-22,30H,3-5,16,19,26-29H2,1-2H3. The van der Waals surface area contributed by atoms with Gasteiger partial charge in [0.05, 0.1) is 19.7 Å². The molecule has 0 amide bonds. The molecular weight excluding hydrogens is 498 g/mol.